The Balaban J connectivity index is 1.87. The van der Waals surface area contributed by atoms with Crippen LogP contribution in [0.1, 0.15) is 12.0 Å². The Kier molecular flexibility index (Phi) is 3.54. The number of halogens is 1. The van der Waals surface area contributed by atoms with Crippen molar-refractivity contribution >= 4 is 29.3 Å². The van der Waals surface area contributed by atoms with Crippen LogP contribution in [0.2, 0.25) is 5.02 Å². The second kappa shape index (κ2) is 4.90. The molecule has 1 atom stereocenters. The number of esters is 1. The summed E-state index contributed by atoms with van der Waals surface area (Å²) in [6, 6.07) is 7.69. The summed E-state index contributed by atoms with van der Waals surface area (Å²) in [5, 5.41) is 0.754. The molecule has 0 bridgehead atoms. The molecule has 4 heteroatoms. The first kappa shape index (κ1) is 10.8. The fraction of sp³-hybridized carbons (Fsp3) is 0.364. The number of thioether (sulfide) groups is 1. The molecule has 0 radical (unpaired) electrons. The van der Waals surface area contributed by atoms with E-state index in [-0.39, 0.29) is 11.2 Å². The zero-order chi connectivity index (χ0) is 10.7. The van der Waals surface area contributed by atoms with Gasteiger partial charge in [0.1, 0.15) is 5.25 Å². The molecule has 2 nitrogen and oxygen atoms in total. The quantitative estimate of drug-likeness (QED) is 0.763. The van der Waals surface area contributed by atoms with Crippen molar-refractivity contribution in [1.29, 1.82) is 0 Å². The van der Waals surface area contributed by atoms with E-state index in [1.54, 1.807) is 11.8 Å². The van der Waals surface area contributed by atoms with Crippen molar-refractivity contribution in [2.75, 3.05) is 6.61 Å². The number of carbonyl (C=O) groups excluding carboxylic acids is 1. The van der Waals surface area contributed by atoms with Crippen molar-refractivity contribution in [1.82, 2.24) is 0 Å². The molecule has 0 saturated carbocycles. The third-order valence-electron chi connectivity index (χ3n) is 2.25. The van der Waals surface area contributed by atoms with E-state index in [2.05, 4.69) is 0 Å². The molecule has 0 unspecified atom stereocenters. The molecule has 1 heterocycles. The van der Waals surface area contributed by atoms with Crippen LogP contribution in [0.5, 0.6) is 0 Å². The number of carbonyl (C=O) groups is 1. The van der Waals surface area contributed by atoms with Crippen LogP contribution in [0.15, 0.2) is 24.3 Å². The van der Waals surface area contributed by atoms with E-state index in [1.807, 2.05) is 24.3 Å². The molecule has 1 fully saturated rings. The maximum atomic E-state index is 11.2. The SMILES string of the molecule is O=C1OCC[C@H]1SCc1ccc(Cl)cc1. The van der Waals surface area contributed by atoms with Crippen LogP contribution < -0.4 is 0 Å². The Morgan fingerprint density at radius 3 is 2.73 bits per heavy atom. The van der Waals surface area contributed by atoms with E-state index in [9.17, 15) is 4.79 Å². The Labute approximate surface area is 98.0 Å². The van der Waals surface area contributed by atoms with Crippen LogP contribution in [0.3, 0.4) is 0 Å². The Morgan fingerprint density at radius 1 is 1.40 bits per heavy atom. The fourth-order valence-corrected chi connectivity index (χ4v) is 2.59. The molecular weight excluding hydrogens is 232 g/mol. The summed E-state index contributed by atoms with van der Waals surface area (Å²) >= 11 is 7.41. The van der Waals surface area contributed by atoms with Crippen molar-refractivity contribution in [3.8, 4) is 0 Å². The fourth-order valence-electron chi connectivity index (χ4n) is 1.41. The third-order valence-corrected chi connectivity index (χ3v) is 3.83. The lowest BCUT2D eigenvalue weighted by Crippen LogP contribution is -2.09. The van der Waals surface area contributed by atoms with Gasteiger partial charge in [-0.1, -0.05) is 23.7 Å². The average Bonchev–Trinajstić information content (AvgIpc) is 2.63. The predicted octanol–water partition coefficient (Wildman–Crippen LogP) is 2.89. The van der Waals surface area contributed by atoms with Gasteiger partial charge in [0, 0.05) is 17.2 Å². The smallest absolute Gasteiger partial charge is 0.319 e. The zero-order valence-electron chi connectivity index (χ0n) is 8.11. The van der Waals surface area contributed by atoms with Crippen LogP contribution in [-0.2, 0) is 15.3 Å². The molecule has 0 aromatic heterocycles. The highest BCUT2D eigenvalue weighted by molar-refractivity contribution is 7.99. The van der Waals surface area contributed by atoms with Crippen LogP contribution in [0.4, 0.5) is 0 Å². The molecule has 1 aliphatic rings. The molecule has 0 N–H and O–H groups in total. The highest BCUT2D eigenvalue weighted by atomic mass is 35.5. The Hall–Kier alpha value is -0.670. The van der Waals surface area contributed by atoms with E-state index in [0.29, 0.717) is 6.61 Å². The van der Waals surface area contributed by atoms with Gasteiger partial charge in [-0.05, 0) is 17.7 Å². The van der Waals surface area contributed by atoms with Gasteiger partial charge in [-0.3, -0.25) is 4.79 Å². The minimum Gasteiger partial charge on any atom is -0.465 e. The molecule has 1 aromatic rings. The van der Waals surface area contributed by atoms with Crippen molar-refractivity contribution in [3.05, 3.63) is 34.9 Å². The monoisotopic (exact) mass is 242 g/mol. The van der Waals surface area contributed by atoms with Gasteiger partial charge in [0.05, 0.1) is 6.61 Å². The maximum Gasteiger partial charge on any atom is 0.319 e. The van der Waals surface area contributed by atoms with Crippen molar-refractivity contribution < 1.29 is 9.53 Å². The molecule has 1 aromatic carbocycles. The van der Waals surface area contributed by atoms with Crippen molar-refractivity contribution in [3.63, 3.8) is 0 Å². The number of ether oxygens (including phenoxy) is 1. The highest BCUT2D eigenvalue weighted by Crippen LogP contribution is 2.25. The van der Waals surface area contributed by atoms with E-state index in [1.165, 1.54) is 5.56 Å². The summed E-state index contributed by atoms with van der Waals surface area (Å²) in [6.45, 7) is 0.567. The zero-order valence-corrected chi connectivity index (χ0v) is 9.68. The van der Waals surface area contributed by atoms with Crippen LogP contribution in [-0.4, -0.2) is 17.8 Å². The molecule has 1 saturated heterocycles. The van der Waals surface area contributed by atoms with Crippen molar-refractivity contribution in [2.24, 2.45) is 0 Å². The molecule has 0 amide bonds. The standard InChI is InChI=1S/C11H11ClO2S/c12-9-3-1-8(2-4-9)7-15-10-5-6-14-11(10)13/h1-4,10H,5-7H2/t10-/m1/s1. The van der Waals surface area contributed by atoms with Gasteiger partial charge < -0.3 is 4.74 Å². The third kappa shape index (κ3) is 2.89. The highest BCUT2D eigenvalue weighted by Gasteiger charge is 2.26. The molecule has 0 aliphatic carbocycles. The van der Waals surface area contributed by atoms with E-state index in [4.69, 9.17) is 16.3 Å². The maximum absolute atomic E-state index is 11.2. The molecule has 80 valence electrons. The summed E-state index contributed by atoms with van der Waals surface area (Å²) in [5.74, 6) is 0.755. The van der Waals surface area contributed by atoms with Crippen LogP contribution >= 0.6 is 23.4 Å². The minimum atomic E-state index is -0.0750. The Bertz CT molecular complexity index is 350. The predicted molar refractivity (Wildman–Crippen MR) is 62.1 cm³/mol. The second-order valence-electron chi connectivity index (χ2n) is 3.38. The number of rotatable bonds is 3. The van der Waals surface area contributed by atoms with Gasteiger partial charge in [0.25, 0.3) is 0 Å². The van der Waals surface area contributed by atoms with E-state index < -0.39 is 0 Å². The topological polar surface area (TPSA) is 26.3 Å². The molecule has 2 rings (SSSR count). The largest absolute Gasteiger partial charge is 0.465 e. The van der Waals surface area contributed by atoms with Gasteiger partial charge in [0.2, 0.25) is 0 Å². The molecule has 0 spiro atoms. The summed E-state index contributed by atoms with van der Waals surface area (Å²) in [4.78, 5) is 11.2. The van der Waals surface area contributed by atoms with Gasteiger partial charge >= 0.3 is 5.97 Å². The summed E-state index contributed by atoms with van der Waals surface area (Å²) in [5.41, 5.74) is 1.18. The molecule has 1 aliphatic heterocycles. The van der Waals surface area contributed by atoms with Gasteiger partial charge in [-0.2, -0.15) is 0 Å². The first-order valence-corrected chi connectivity index (χ1v) is 6.21. The normalized spacial score (nSPS) is 20.3. The first-order valence-electron chi connectivity index (χ1n) is 4.78. The summed E-state index contributed by atoms with van der Waals surface area (Å²) < 4.78 is 4.89. The first-order chi connectivity index (χ1) is 7.25. The summed E-state index contributed by atoms with van der Waals surface area (Å²) in [6.07, 6.45) is 0.830. The Morgan fingerprint density at radius 2 is 2.13 bits per heavy atom. The lowest BCUT2D eigenvalue weighted by atomic mass is 10.2. The van der Waals surface area contributed by atoms with Crippen LogP contribution in [0.25, 0.3) is 0 Å². The molecule has 15 heavy (non-hydrogen) atoms. The lowest BCUT2D eigenvalue weighted by Gasteiger charge is -2.05. The number of hydrogen-bond acceptors (Lipinski definition) is 3. The number of hydrogen-bond donors (Lipinski definition) is 0. The van der Waals surface area contributed by atoms with Crippen LogP contribution in [0, 0.1) is 0 Å². The van der Waals surface area contributed by atoms with Gasteiger partial charge in [-0.15, -0.1) is 11.8 Å². The van der Waals surface area contributed by atoms with E-state index >= 15 is 0 Å². The second-order valence-corrected chi connectivity index (χ2v) is 5.01. The van der Waals surface area contributed by atoms with Gasteiger partial charge in [-0.25, -0.2) is 0 Å². The number of cyclic esters (lactones) is 1. The lowest BCUT2D eigenvalue weighted by molar-refractivity contribution is -0.137. The van der Waals surface area contributed by atoms with Gasteiger partial charge in [0.15, 0.2) is 0 Å². The molecular formula is C11H11ClO2S. The van der Waals surface area contributed by atoms with E-state index in [0.717, 1.165) is 17.2 Å². The number of benzene rings is 1. The summed E-state index contributed by atoms with van der Waals surface area (Å²) in [7, 11) is 0. The van der Waals surface area contributed by atoms with Crippen molar-refractivity contribution in [2.45, 2.75) is 17.4 Å². The average molecular weight is 243 g/mol. The minimum absolute atomic E-state index is 0.0145.